The fraction of sp³-hybridized carbons (Fsp3) is 0.389. The highest BCUT2D eigenvalue weighted by atomic mass is 32.2. The molecule has 0 aliphatic carbocycles. The lowest BCUT2D eigenvalue weighted by molar-refractivity contribution is 0.117. The number of benzene rings is 1. The summed E-state index contributed by atoms with van der Waals surface area (Å²) in [4.78, 5) is 13.0. The number of hydrogen-bond acceptors (Lipinski definition) is 5. The summed E-state index contributed by atoms with van der Waals surface area (Å²) in [5, 5.41) is 7.12. The van der Waals surface area contributed by atoms with Gasteiger partial charge >= 0.3 is 6.03 Å². The first kappa shape index (κ1) is 21.0. The Morgan fingerprint density at radius 2 is 1.79 bits per heavy atom. The summed E-state index contributed by atoms with van der Waals surface area (Å²) < 4.78 is 67.7. The molecule has 1 fully saturated rings. The lowest BCUT2D eigenvalue weighted by atomic mass is 9.92. The first-order valence-corrected chi connectivity index (χ1v) is 10.3. The molecule has 1 unspecified atom stereocenters. The number of aromatic nitrogens is 2. The number of piperidine rings is 1. The van der Waals surface area contributed by atoms with Crippen LogP contribution >= 0.6 is 0 Å². The summed E-state index contributed by atoms with van der Waals surface area (Å²) in [5.74, 6) is -3.14. The third-order valence-corrected chi connectivity index (χ3v) is 7.26. The first-order valence-electron chi connectivity index (χ1n) is 8.83. The third kappa shape index (κ3) is 4.34. The largest absolute Gasteiger partial charge is 0.325 e. The Morgan fingerprint density at radius 3 is 2.34 bits per heavy atom. The minimum atomic E-state index is -4.65. The van der Waals surface area contributed by atoms with E-state index in [1.165, 1.54) is 17.3 Å². The molecule has 2 heterocycles. The van der Waals surface area contributed by atoms with Crippen molar-refractivity contribution in [1.82, 2.24) is 15.1 Å². The maximum atomic E-state index is 15.4. The normalized spacial score (nSPS) is 17.6. The van der Waals surface area contributed by atoms with Crippen molar-refractivity contribution in [2.45, 2.75) is 29.7 Å². The number of halogens is 3. The molecule has 0 bridgehead atoms. The number of nitrogens with one attached hydrogen (secondary N) is 1. The predicted octanol–water partition coefficient (Wildman–Crippen LogP) is 3.16. The van der Waals surface area contributed by atoms with Crippen LogP contribution in [0, 0.1) is 17.6 Å². The first-order chi connectivity index (χ1) is 13.6. The molecule has 2 amide bonds. The van der Waals surface area contributed by atoms with Gasteiger partial charge in [0.2, 0.25) is 14.8 Å². The van der Waals surface area contributed by atoms with E-state index in [0.717, 1.165) is 6.92 Å². The molecule has 0 saturated carbocycles. The number of likely N-dealkylation sites (tertiary alicyclic amines) is 1. The second-order valence-electron chi connectivity index (χ2n) is 6.92. The van der Waals surface area contributed by atoms with Crippen molar-refractivity contribution in [2.24, 2.45) is 5.92 Å². The zero-order valence-electron chi connectivity index (χ0n) is 15.5. The van der Waals surface area contributed by atoms with E-state index in [1.807, 2.05) is 0 Å². The molecular weight excluding hydrogens is 409 g/mol. The summed E-state index contributed by atoms with van der Waals surface area (Å²) in [6.45, 7) is 1.15. The van der Waals surface area contributed by atoms with Gasteiger partial charge in [-0.05, 0) is 38.0 Å². The standard InChI is InChI=1S/C18H19F3N4O3S/c1-18(21,29(27,28)16-9-13(19)8-14(20)10-16)12-3-6-25(7-4-12)17(26)24-15-2-5-22-23-11-15/h2,5,8-12H,3-4,6-7H2,1H3,(H,22,24,26). The van der Waals surface area contributed by atoms with E-state index >= 15 is 4.39 Å². The van der Waals surface area contributed by atoms with Crippen LogP contribution in [0.3, 0.4) is 0 Å². The number of amides is 2. The van der Waals surface area contributed by atoms with Crippen molar-refractivity contribution in [1.29, 1.82) is 0 Å². The van der Waals surface area contributed by atoms with Crippen molar-refractivity contribution in [3.63, 3.8) is 0 Å². The Bertz CT molecular complexity index is 974. The van der Waals surface area contributed by atoms with E-state index in [4.69, 9.17) is 0 Å². The minimum Gasteiger partial charge on any atom is -0.325 e. The molecule has 1 saturated heterocycles. The van der Waals surface area contributed by atoms with E-state index in [9.17, 15) is 22.0 Å². The number of sulfone groups is 1. The molecule has 7 nitrogen and oxygen atoms in total. The second kappa shape index (κ2) is 7.97. The van der Waals surface area contributed by atoms with Gasteiger partial charge < -0.3 is 10.2 Å². The van der Waals surface area contributed by atoms with Crippen LogP contribution in [0.1, 0.15) is 19.8 Å². The number of anilines is 1. The van der Waals surface area contributed by atoms with E-state index in [1.54, 1.807) is 6.07 Å². The molecule has 11 heteroatoms. The van der Waals surface area contributed by atoms with Gasteiger partial charge in [-0.3, -0.25) is 0 Å². The Balaban J connectivity index is 1.69. The van der Waals surface area contributed by atoms with E-state index in [-0.39, 0.29) is 25.9 Å². The highest BCUT2D eigenvalue weighted by Gasteiger charge is 2.48. The average Bonchev–Trinajstić information content (AvgIpc) is 2.68. The highest BCUT2D eigenvalue weighted by molar-refractivity contribution is 7.92. The van der Waals surface area contributed by atoms with Crippen LogP contribution in [0.2, 0.25) is 0 Å². The molecule has 1 aliphatic rings. The smallest absolute Gasteiger partial charge is 0.321 e. The van der Waals surface area contributed by atoms with Crippen molar-refractivity contribution in [3.8, 4) is 0 Å². The number of hydrogen-bond donors (Lipinski definition) is 1. The van der Waals surface area contributed by atoms with Gasteiger partial charge in [0, 0.05) is 25.1 Å². The summed E-state index contributed by atoms with van der Waals surface area (Å²) in [6.07, 6.45) is 2.93. The Kier molecular flexibility index (Phi) is 5.78. The number of carbonyl (C=O) groups excluding carboxylic acids is 1. The van der Waals surface area contributed by atoms with Gasteiger partial charge in [0.1, 0.15) is 11.6 Å². The van der Waals surface area contributed by atoms with Crippen molar-refractivity contribution >= 4 is 21.6 Å². The third-order valence-electron chi connectivity index (χ3n) is 5.02. The van der Waals surface area contributed by atoms with Crippen LogP contribution in [0.4, 0.5) is 23.7 Å². The molecule has 1 aromatic heterocycles. The maximum absolute atomic E-state index is 15.4. The quantitative estimate of drug-likeness (QED) is 0.808. The maximum Gasteiger partial charge on any atom is 0.321 e. The van der Waals surface area contributed by atoms with Crippen LogP contribution < -0.4 is 5.32 Å². The number of carbonyl (C=O) groups is 1. The fourth-order valence-electron chi connectivity index (χ4n) is 3.30. The van der Waals surface area contributed by atoms with Crippen molar-refractivity contribution < 1.29 is 26.4 Å². The number of rotatable bonds is 4. The van der Waals surface area contributed by atoms with Crippen molar-refractivity contribution in [3.05, 3.63) is 48.3 Å². The van der Waals surface area contributed by atoms with Gasteiger partial charge in [0.05, 0.1) is 23.0 Å². The van der Waals surface area contributed by atoms with Gasteiger partial charge in [0.25, 0.3) is 0 Å². The van der Waals surface area contributed by atoms with Crippen LogP contribution in [0.15, 0.2) is 41.6 Å². The van der Waals surface area contributed by atoms with Crippen LogP contribution in [-0.2, 0) is 9.84 Å². The second-order valence-corrected chi connectivity index (χ2v) is 9.19. The van der Waals surface area contributed by atoms with E-state index in [0.29, 0.717) is 23.9 Å². The molecule has 1 aliphatic heterocycles. The molecule has 0 spiro atoms. The lowest BCUT2D eigenvalue weighted by Gasteiger charge is -2.37. The zero-order valence-corrected chi connectivity index (χ0v) is 16.3. The van der Waals surface area contributed by atoms with Crippen LogP contribution in [0.5, 0.6) is 0 Å². The molecule has 1 aromatic carbocycles. The SMILES string of the molecule is CC(F)(C1CCN(C(=O)Nc2ccnnc2)CC1)S(=O)(=O)c1cc(F)cc(F)c1. The zero-order chi connectivity index (χ0) is 21.2. The fourth-order valence-corrected chi connectivity index (χ4v) is 4.97. The Hall–Kier alpha value is -2.69. The average molecular weight is 428 g/mol. The topological polar surface area (TPSA) is 92.3 Å². The monoisotopic (exact) mass is 428 g/mol. The molecule has 2 aromatic rings. The summed E-state index contributed by atoms with van der Waals surface area (Å²) in [5.41, 5.74) is 0.443. The summed E-state index contributed by atoms with van der Waals surface area (Å²) >= 11 is 0. The lowest BCUT2D eigenvalue weighted by Crippen LogP contribution is -2.48. The molecule has 0 radical (unpaired) electrons. The van der Waals surface area contributed by atoms with E-state index < -0.39 is 43.3 Å². The number of nitrogens with zero attached hydrogens (tertiary/aromatic N) is 3. The highest BCUT2D eigenvalue weighted by Crippen LogP contribution is 2.39. The van der Waals surface area contributed by atoms with Crippen LogP contribution in [0.25, 0.3) is 0 Å². The molecule has 1 atom stereocenters. The van der Waals surface area contributed by atoms with Gasteiger partial charge in [0.15, 0.2) is 0 Å². The molecule has 1 N–H and O–H groups in total. The summed E-state index contributed by atoms with van der Waals surface area (Å²) in [6, 6.07) is 2.85. The van der Waals surface area contributed by atoms with Gasteiger partial charge in [-0.15, -0.1) is 0 Å². The predicted molar refractivity (Wildman–Crippen MR) is 98.4 cm³/mol. The molecular formula is C18H19F3N4O3S. The Morgan fingerprint density at radius 1 is 1.17 bits per heavy atom. The molecule has 3 rings (SSSR count). The molecule has 156 valence electrons. The van der Waals surface area contributed by atoms with E-state index in [2.05, 4.69) is 15.5 Å². The summed E-state index contributed by atoms with van der Waals surface area (Å²) in [7, 11) is -4.65. The minimum absolute atomic E-state index is 0.0754. The van der Waals surface area contributed by atoms with Gasteiger partial charge in [-0.1, -0.05) is 0 Å². The van der Waals surface area contributed by atoms with Gasteiger partial charge in [-0.25, -0.2) is 26.4 Å². The van der Waals surface area contributed by atoms with Gasteiger partial charge in [-0.2, -0.15) is 10.2 Å². The number of urea groups is 1. The number of alkyl halides is 1. The van der Waals surface area contributed by atoms with Crippen molar-refractivity contribution in [2.75, 3.05) is 18.4 Å². The Labute approximate surface area is 165 Å². The van der Waals surface area contributed by atoms with Crippen LogP contribution in [-0.4, -0.2) is 47.6 Å². The molecule has 29 heavy (non-hydrogen) atoms.